The maximum absolute atomic E-state index is 11.8. The topological polar surface area (TPSA) is 56.8 Å². The van der Waals surface area contributed by atoms with Gasteiger partial charge in [0.2, 0.25) is 0 Å². The van der Waals surface area contributed by atoms with Crippen molar-refractivity contribution in [3.8, 4) is 0 Å². The zero-order chi connectivity index (χ0) is 14.1. The average Bonchev–Trinajstić information content (AvgIpc) is 2.44. The first-order chi connectivity index (χ1) is 9.12. The normalized spacial score (nSPS) is 22.8. The van der Waals surface area contributed by atoms with E-state index in [-0.39, 0.29) is 12.1 Å². The van der Waals surface area contributed by atoms with Crippen molar-refractivity contribution in [2.75, 3.05) is 33.5 Å². The molecule has 0 aromatic carbocycles. The largest absolute Gasteiger partial charge is 0.465 e. The number of hydrogen-bond acceptors (Lipinski definition) is 5. The van der Waals surface area contributed by atoms with Crippen molar-refractivity contribution in [3.05, 3.63) is 0 Å². The van der Waals surface area contributed by atoms with E-state index in [4.69, 9.17) is 14.2 Å². The number of likely N-dealkylation sites (N-methyl/N-ethyl adjacent to an activating group) is 1. The van der Waals surface area contributed by atoms with Crippen molar-refractivity contribution >= 4 is 5.97 Å². The molecule has 0 spiro atoms. The molecule has 1 aliphatic heterocycles. The molecule has 1 fully saturated rings. The summed E-state index contributed by atoms with van der Waals surface area (Å²) in [5, 5.41) is 3.02. The van der Waals surface area contributed by atoms with E-state index in [9.17, 15) is 4.79 Å². The molecule has 0 aliphatic carbocycles. The zero-order valence-electron chi connectivity index (χ0n) is 12.4. The molecular formula is C14H27NO4. The fourth-order valence-corrected chi connectivity index (χ4v) is 2.05. The summed E-state index contributed by atoms with van der Waals surface area (Å²) in [7, 11) is 1.77. The summed E-state index contributed by atoms with van der Waals surface area (Å²) in [6, 6.07) is 0. The van der Waals surface area contributed by atoms with E-state index >= 15 is 0 Å². The molecule has 1 heterocycles. The van der Waals surface area contributed by atoms with E-state index < -0.39 is 5.54 Å². The highest BCUT2D eigenvalue weighted by molar-refractivity contribution is 5.80. The van der Waals surface area contributed by atoms with Crippen LogP contribution in [0.1, 0.15) is 39.5 Å². The molecule has 2 atom stereocenters. The van der Waals surface area contributed by atoms with Gasteiger partial charge in [-0.25, -0.2) is 0 Å². The maximum atomic E-state index is 11.8. The molecule has 1 aliphatic rings. The Labute approximate surface area is 116 Å². The Morgan fingerprint density at radius 1 is 1.47 bits per heavy atom. The van der Waals surface area contributed by atoms with Crippen LogP contribution in [0.15, 0.2) is 0 Å². The fraction of sp³-hybridized carbons (Fsp3) is 0.929. The number of carbonyl (C=O) groups excluding carboxylic acids is 1. The second-order valence-electron chi connectivity index (χ2n) is 5.12. The van der Waals surface area contributed by atoms with Crippen LogP contribution in [0.4, 0.5) is 0 Å². The molecular weight excluding hydrogens is 246 g/mol. The highest BCUT2D eigenvalue weighted by Gasteiger charge is 2.32. The van der Waals surface area contributed by atoms with Crippen LogP contribution in [0.5, 0.6) is 0 Å². The lowest BCUT2D eigenvalue weighted by Gasteiger charge is -2.27. The minimum atomic E-state index is -0.677. The predicted octanol–water partition coefficient (Wildman–Crippen LogP) is 1.50. The molecule has 112 valence electrons. The number of rotatable bonds is 8. The Morgan fingerprint density at radius 2 is 2.26 bits per heavy atom. The first kappa shape index (κ1) is 16.4. The van der Waals surface area contributed by atoms with Gasteiger partial charge in [0.25, 0.3) is 0 Å². The van der Waals surface area contributed by atoms with Gasteiger partial charge in [0.15, 0.2) is 0 Å². The van der Waals surface area contributed by atoms with Crippen molar-refractivity contribution in [2.24, 2.45) is 0 Å². The van der Waals surface area contributed by atoms with Crippen LogP contribution in [0.25, 0.3) is 0 Å². The van der Waals surface area contributed by atoms with Crippen LogP contribution in [-0.2, 0) is 19.0 Å². The van der Waals surface area contributed by atoms with Gasteiger partial charge in [-0.3, -0.25) is 4.79 Å². The Morgan fingerprint density at radius 3 is 2.84 bits per heavy atom. The molecule has 0 aromatic rings. The van der Waals surface area contributed by atoms with Gasteiger partial charge in [-0.15, -0.1) is 0 Å². The van der Waals surface area contributed by atoms with Crippen LogP contribution in [0.3, 0.4) is 0 Å². The van der Waals surface area contributed by atoms with Gasteiger partial charge in [0, 0.05) is 13.2 Å². The third-order valence-electron chi connectivity index (χ3n) is 3.60. The van der Waals surface area contributed by atoms with Crippen LogP contribution in [0, 0.1) is 0 Å². The number of nitrogens with one attached hydrogen (secondary N) is 1. The summed E-state index contributed by atoms with van der Waals surface area (Å²) in [6.45, 7) is 6.02. The quantitative estimate of drug-likeness (QED) is 0.536. The van der Waals surface area contributed by atoms with E-state index in [1.165, 1.54) is 6.42 Å². The van der Waals surface area contributed by atoms with Gasteiger partial charge >= 0.3 is 5.97 Å². The molecule has 0 bridgehead atoms. The Bertz CT molecular complexity index is 266. The summed E-state index contributed by atoms with van der Waals surface area (Å²) in [4.78, 5) is 11.8. The molecule has 19 heavy (non-hydrogen) atoms. The first-order valence-corrected chi connectivity index (χ1v) is 7.18. The molecule has 1 saturated heterocycles. The molecule has 2 unspecified atom stereocenters. The Kier molecular flexibility index (Phi) is 7.34. The van der Waals surface area contributed by atoms with E-state index in [2.05, 4.69) is 5.32 Å². The van der Waals surface area contributed by atoms with E-state index in [0.29, 0.717) is 26.2 Å². The van der Waals surface area contributed by atoms with Crippen molar-refractivity contribution < 1.29 is 19.0 Å². The van der Waals surface area contributed by atoms with Crippen molar-refractivity contribution in [1.82, 2.24) is 5.32 Å². The minimum absolute atomic E-state index is 0.220. The first-order valence-electron chi connectivity index (χ1n) is 7.18. The van der Waals surface area contributed by atoms with E-state index in [1.807, 2.05) is 13.8 Å². The third-order valence-corrected chi connectivity index (χ3v) is 3.60. The Hall–Kier alpha value is -0.650. The van der Waals surface area contributed by atoms with Crippen LogP contribution >= 0.6 is 0 Å². The minimum Gasteiger partial charge on any atom is -0.465 e. The molecule has 1 rings (SSSR count). The van der Waals surface area contributed by atoms with Crippen LogP contribution in [-0.4, -0.2) is 51.1 Å². The SMILES string of the molecule is CCOC(=O)C(C)(CCOCC1CCCCO1)NC. The molecule has 5 nitrogen and oxygen atoms in total. The summed E-state index contributed by atoms with van der Waals surface area (Å²) in [6.07, 6.45) is 4.25. The molecule has 5 heteroatoms. The fourth-order valence-electron chi connectivity index (χ4n) is 2.05. The number of hydrogen-bond donors (Lipinski definition) is 1. The highest BCUT2D eigenvalue weighted by Crippen LogP contribution is 2.15. The highest BCUT2D eigenvalue weighted by atomic mass is 16.5. The van der Waals surface area contributed by atoms with Crippen LogP contribution in [0.2, 0.25) is 0 Å². The smallest absolute Gasteiger partial charge is 0.326 e. The van der Waals surface area contributed by atoms with Crippen LogP contribution < -0.4 is 5.32 Å². The molecule has 1 N–H and O–H groups in total. The summed E-state index contributed by atoms with van der Waals surface area (Å²) >= 11 is 0. The van der Waals surface area contributed by atoms with Gasteiger partial charge in [-0.05, 0) is 46.6 Å². The lowest BCUT2D eigenvalue weighted by Crippen LogP contribution is -2.49. The summed E-state index contributed by atoms with van der Waals surface area (Å²) in [5.74, 6) is -0.227. The monoisotopic (exact) mass is 273 g/mol. The predicted molar refractivity (Wildman–Crippen MR) is 73.1 cm³/mol. The maximum Gasteiger partial charge on any atom is 0.326 e. The lowest BCUT2D eigenvalue weighted by atomic mass is 9.99. The van der Waals surface area contributed by atoms with Crippen molar-refractivity contribution in [3.63, 3.8) is 0 Å². The van der Waals surface area contributed by atoms with Gasteiger partial charge in [0.05, 0.1) is 19.3 Å². The number of ether oxygens (including phenoxy) is 3. The van der Waals surface area contributed by atoms with E-state index in [0.717, 1.165) is 19.4 Å². The van der Waals surface area contributed by atoms with Gasteiger partial charge < -0.3 is 19.5 Å². The Balaban J connectivity index is 2.23. The van der Waals surface area contributed by atoms with Gasteiger partial charge in [-0.1, -0.05) is 0 Å². The van der Waals surface area contributed by atoms with Gasteiger partial charge in [0.1, 0.15) is 5.54 Å². The van der Waals surface area contributed by atoms with Gasteiger partial charge in [-0.2, -0.15) is 0 Å². The molecule has 0 radical (unpaired) electrons. The average molecular weight is 273 g/mol. The lowest BCUT2D eigenvalue weighted by molar-refractivity contribution is -0.151. The van der Waals surface area contributed by atoms with Crippen molar-refractivity contribution in [2.45, 2.75) is 51.2 Å². The summed E-state index contributed by atoms with van der Waals surface area (Å²) < 4.78 is 16.3. The molecule has 0 saturated carbocycles. The standard InChI is InChI=1S/C14H27NO4/c1-4-18-13(16)14(2,15-3)8-10-17-11-12-7-5-6-9-19-12/h12,15H,4-11H2,1-3H3. The second kappa shape index (κ2) is 8.51. The third kappa shape index (κ3) is 5.47. The second-order valence-corrected chi connectivity index (χ2v) is 5.12. The summed E-state index contributed by atoms with van der Waals surface area (Å²) in [5.41, 5.74) is -0.677. The molecule has 0 aromatic heterocycles. The van der Waals surface area contributed by atoms with E-state index in [1.54, 1.807) is 7.05 Å². The van der Waals surface area contributed by atoms with Crippen molar-refractivity contribution in [1.29, 1.82) is 0 Å². The number of carbonyl (C=O) groups is 1. The molecule has 0 amide bonds. The zero-order valence-corrected chi connectivity index (χ0v) is 12.4. The number of esters is 1.